The summed E-state index contributed by atoms with van der Waals surface area (Å²) in [4.78, 5) is 14.4. The SMILES string of the molecule is CCOP(=O)(OCC)[C@@]1(C(=O)O[C@@H]2C[C@H](C)CC[C@H]2C(C)(C)c2ccccc2)N=NC[C@H]1c1ccccc1. The first-order valence-electron chi connectivity index (χ1n) is 13.8. The lowest BCUT2D eigenvalue weighted by Crippen LogP contribution is -2.49. The molecule has 206 valence electrons. The minimum atomic E-state index is -4.11. The Morgan fingerprint density at radius 2 is 1.61 bits per heavy atom. The number of ether oxygens (including phenoxy) is 1. The first-order valence-corrected chi connectivity index (χ1v) is 15.3. The van der Waals surface area contributed by atoms with E-state index < -0.39 is 24.8 Å². The lowest BCUT2D eigenvalue weighted by atomic mass is 9.64. The van der Waals surface area contributed by atoms with Crippen LogP contribution in [0.4, 0.5) is 0 Å². The van der Waals surface area contributed by atoms with Gasteiger partial charge in [-0.3, -0.25) is 4.57 Å². The lowest BCUT2D eigenvalue weighted by Gasteiger charge is -2.45. The number of carbonyl (C=O) groups is 1. The highest BCUT2D eigenvalue weighted by Gasteiger charge is 2.67. The van der Waals surface area contributed by atoms with Crippen molar-refractivity contribution in [3.63, 3.8) is 0 Å². The Bertz CT molecular complexity index is 1150. The Morgan fingerprint density at radius 1 is 1.00 bits per heavy atom. The maximum absolute atomic E-state index is 14.5. The molecule has 0 unspecified atom stereocenters. The predicted octanol–water partition coefficient (Wildman–Crippen LogP) is 7.52. The largest absolute Gasteiger partial charge is 0.460 e. The molecule has 4 rings (SSSR count). The van der Waals surface area contributed by atoms with Crippen molar-refractivity contribution in [2.75, 3.05) is 19.8 Å². The minimum Gasteiger partial charge on any atom is -0.460 e. The van der Waals surface area contributed by atoms with Crippen LogP contribution in [-0.4, -0.2) is 37.1 Å². The highest BCUT2D eigenvalue weighted by Crippen LogP contribution is 2.68. The van der Waals surface area contributed by atoms with E-state index in [1.54, 1.807) is 13.8 Å². The van der Waals surface area contributed by atoms with Crippen molar-refractivity contribution in [1.82, 2.24) is 0 Å². The number of nitrogens with zero attached hydrogens (tertiary/aromatic N) is 2. The summed E-state index contributed by atoms with van der Waals surface area (Å²) in [5, 5.41) is 6.76. The second kappa shape index (κ2) is 11.8. The van der Waals surface area contributed by atoms with Gasteiger partial charge in [0.25, 0.3) is 5.28 Å². The Labute approximate surface area is 226 Å². The zero-order valence-electron chi connectivity index (χ0n) is 23.2. The Hall–Kier alpha value is -2.34. The fraction of sp³-hybridized carbons (Fsp3) is 0.567. The zero-order chi connectivity index (χ0) is 27.4. The van der Waals surface area contributed by atoms with Gasteiger partial charge in [0.1, 0.15) is 6.10 Å². The molecule has 1 saturated carbocycles. The summed E-state index contributed by atoms with van der Waals surface area (Å²) in [6.45, 7) is 10.5. The number of hydrogen-bond donors (Lipinski definition) is 0. The minimum absolute atomic E-state index is 0.0780. The predicted molar refractivity (Wildman–Crippen MR) is 148 cm³/mol. The third kappa shape index (κ3) is 5.25. The Balaban J connectivity index is 1.76. The van der Waals surface area contributed by atoms with Gasteiger partial charge in [-0.15, -0.1) is 0 Å². The highest BCUT2D eigenvalue weighted by molar-refractivity contribution is 7.56. The molecule has 7 nitrogen and oxygen atoms in total. The van der Waals surface area contributed by atoms with E-state index in [9.17, 15) is 9.36 Å². The van der Waals surface area contributed by atoms with Gasteiger partial charge in [-0.25, -0.2) is 4.79 Å². The summed E-state index contributed by atoms with van der Waals surface area (Å²) in [6.07, 6.45) is 2.33. The summed E-state index contributed by atoms with van der Waals surface area (Å²) in [5.41, 5.74) is 1.76. The molecule has 0 N–H and O–H groups in total. The first-order chi connectivity index (χ1) is 18.2. The van der Waals surface area contributed by atoms with Crippen molar-refractivity contribution in [3.8, 4) is 0 Å². The van der Waals surface area contributed by atoms with Crippen LogP contribution in [0.2, 0.25) is 0 Å². The van der Waals surface area contributed by atoms with Gasteiger partial charge < -0.3 is 13.8 Å². The Kier molecular flexibility index (Phi) is 8.91. The molecule has 2 aliphatic rings. The van der Waals surface area contributed by atoms with E-state index in [4.69, 9.17) is 13.8 Å². The van der Waals surface area contributed by atoms with E-state index in [1.807, 2.05) is 48.5 Å². The third-order valence-electron chi connectivity index (χ3n) is 8.25. The van der Waals surface area contributed by atoms with Crippen LogP contribution in [-0.2, 0) is 28.6 Å². The van der Waals surface area contributed by atoms with Crippen LogP contribution in [0.15, 0.2) is 70.9 Å². The van der Waals surface area contributed by atoms with Gasteiger partial charge >= 0.3 is 13.6 Å². The summed E-state index contributed by atoms with van der Waals surface area (Å²) >= 11 is 0. The molecule has 1 fully saturated rings. The molecule has 0 amide bonds. The van der Waals surface area contributed by atoms with Gasteiger partial charge in [-0.1, -0.05) is 87.9 Å². The average molecular weight is 541 g/mol. The molecule has 2 aromatic carbocycles. The molecule has 0 aromatic heterocycles. The summed E-state index contributed by atoms with van der Waals surface area (Å²) in [5.74, 6) is -0.825. The van der Waals surface area contributed by atoms with E-state index >= 15 is 0 Å². The topological polar surface area (TPSA) is 86.5 Å². The molecule has 1 aliphatic carbocycles. The van der Waals surface area contributed by atoms with Crippen LogP contribution in [0.1, 0.15) is 70.9 Å². The third-order valence-corrected chi connectivity index (χ3v) is 10.9. The number of hydrogen-bond acceptors (Lipinski definition) is 7. The standard InChI is InChI=1S/C30H41N2O5P/c1-6-35-38(34,36-7-2)30(26(21-31-32-30)23-14-10-8-11-15-23)28(33)37-27-20-22(3)18-19-25(27)29(4,5)24-16-12-9-13-17-24/h8-17,22,25-27H,6-7,18-21H2,1-5H3/t22-,25-,26+,27-,30+/m1/s1. The molecule has 8 heteroatoms. The summed E-state index contributed by atoms with van der Waals surface area (Å²) in [7, 11) is -4.11. The maximum atomic E-state index is 14.5. The van der Waals surface area contributed by atoms with Gasteiger partial charge in [-0.05, 0) is 49.1 Å². The molecular weight excluding hydrogens is 499 g/mol. The molecule has 1 aliphatic heterocycles. The van der Waals surface area contributed by atoms with Crippen molar-refractivity contribution in [1.29, 1.82) is 0 Å². The smallest absolute Gasteiger partial charge is 0.372 e. The number of rotatable bonds is 10. The number of esters is 1. The van der Waals surface area contributed by atoms with Crippen LogP contribution in [0.5, 0.6) is 0 Å². The van der Waals surface area contributed by atoms with Crippen molar-refractivity contribution in [3.05, 3.63) is 71.8 Å². The van der Waals surface area contributed by atoms with Crippen molar-refractivity contribution >= 4 is 13.6 Å². The maximum Gasteiger partial charge on any atom is 0.372 e. The average Bonchev–Trinajstić information content (AvgIpc) is 3.37. The van der Waals surface area contributed by atoms with Crippen LogP contribution >= 0.6 is 7.60 Å². The molecule has 1 heterocycles. The van der Waals surface area contributed by atoms with E-state index in [0.29, 0.717) is 5.92 Å². The quantitative estimate of drug-likeness (QED) is 0.230. The second-order valence-corrected chi connectivity index (χ2v) is 13.2. The fourth-order valence-corrected chi connectivity index (χ4v) is 8.36. The molecular formula is C30H41N2O5P. The summed E-state index contributed by atoms with van der Waals surface area (Å²) < 4.78 is 32.5. The van der Waals surface area contributed by atoms with Crippen molar-refractivity contribution in [2.24, 2.45) is 22.1 Å². The molecule has 0 spiro atoms. The second-order valence-electron chi connectivity index (χ2n) is 11.0. The Morgan fingerprint density at radius 3 is 2.21 bits per heavy atom. The van der Waals surface area contributed by atoms with Crippen LogP contribution in [0, 0.1) is 11.8 Å². The molecule has 2 aromatic rings. The number of carbonyl (C=O) groups excluding carboxylic acids is 1. The highest BCUT2D eigenvalue weighted by atomic mass is 31.2. The molecule has 38 heavy (non-hydrogen) atoms. The van der Waals surface area contributed by atoms with Crippen LogP contribution in [0.25, 0.3) is 0 Å². The first kappa shape index (κ1) is 28.7. The lowest BCUT2D eigenvalue weighted by molar-refractivity contribution is -0.161. The molecule has 0 radical (unpaired) electrons. The number of benzene rings is 2. The number of azo groups is 1. The molecule has 5 atom stereocenters. The van der Waals surface area contributed by atoms with E-state index in [1.165, 1.54) is 5.56 Å². The van der Waals surface area contributed by atoms with Crippen molar-refractivity contribution in [2.45, 2.75) is 76.6 Å². The van der Waals surface area contributed by atoms with Crippen LogP contribution < -0.4 is 0 Å². The van der Waals surface area contributed by atoms with E-state index in [2.05, 4.69) is 43.1 Å². The fourth-order valence-electron chi connectivity index (χ4n) is 6.16. The molecule has 0 bridgehead atoms. The van der Waals surface area contributed by atoms with Gasteiger partial charge in [0, 0.05) is 5.92 Å². The van der Waals surface area contributed by atoms with Crippen molar-refractivity contribution < 1.29 is 23.1 Å². The monoisotopic (exact) mass is 540 g/mol. The summed E-state index contributed by atoms with van der Waals surface area (Å²) in [6, 6.07) is 19.8. The molecule has 0 saturated heterocycles. The normalized spacial score (nSPS) is 27.8. The van der Waals surface area contributed by atoms with Crippen LogP contribution in [0.3, 0.4) is 0 Å². The van der Waals surface area contributed by atoms with E-state index in [0.717, 1.165) is 24.8 Å². The van der Waals surface area contributed by atoms with Gasteiger partial charge in [-0.2, -0.15) is 10.2 Å². The van der Waals surface area contributed by atoms with Gasteiger partial charge in [0.15, 0.2) is 0 Å². The van der Waals surface area contributed by atoms with Gasteiger partial charge in [0.05, 0.1) is 25.7 Å². The zero-order valence-corrected chi connectivity index (χ0v) is 24.1. The van der Waals surface area contributed by atoms with Gasteiger partial charge in [0.2, 0.25) is 0 Å². The van der Waals surface area contributed by atoms with E-state index in [-0.39, 0.29) is 37.2 Å².